The zero-order valence-corrected chi connectivity index (χ0v) is 14.7. The number of rotatable bonds is 2. The van der Waals surface area contributed by atoms with Crippen LogP contribution >= 0.6 is 0 Å². The van der Waals surface area contributed by atoms with Crippen LogP contribution in [-0.4, -0.2) is 39.4 Å². The predicted octanol–water partition coefficient (Wildman–Crippen LogP) is 2.66. The highest BCUT2D eigenvalue weighted by molar-refractivity contribution is 6.15. The molecule has 1 aromatic carbocycles. The number of guanidine groups is 1. The number of aryl methyl sites for hydroxylation is 1. The summed E-state index contributed by atoms with van der Waals surface area (Å²) in [6, 6.07) is 6.33. The molecule has 4 rings (SSSR count). The molecule has 2 aromatic rings. The highest BCUT2D eigenvalue weighted by Gasteiger charge is 2.29. The number of nitrogens with zero attached hydrogens (tertiary/aromatic N) is 4. The van der Waals surface area contributed by atoms with E-state index in [4.69, 9.17) is 4.99 Å². The number of likely N-dealkylation sites (N-methyl/N-ethyl adjacent to an activating group) is 1. The molecule has 1 amide bonds. The molecule has 6 nitrogen and oxygen atoms in total. The summed E-state index contributed by atoms with van der Waals surface area (Å²) >= 11 is 0. The summed E-state index contributed by atoms with van der Waals surface area (Å²) in [5.41, 5.74) is 3.54. The minimum Gasteiger partial charge on any atom is -0.334 e. The number of carbonyl (C=O) groups excluding carboxylic acids is 1. The SMILES string of the molecule is CN1C(=O)/C(=C/c2ccc3ncn(C)c3c2)NC1=NC1CCCCC1. The Morgan fingerprint density at radius 2 is 2.04 bits per heavy atom. The smallest absolute Gasteiger partial charge is 0.276 e. The van der Waals surface area contributed by atoms with Crippen LogP contribution in [0.5, 0.6) is 0 Å². The maximum absolute atomic E-state index is 12.5. The number of amides is 1. The molecule has 2 fully saturated rings. The quantitative estimate of drug-likeness (QED) is 0.857. The molecule has 2 aliphatic rings. The Labute approximate surface area is 147 Å². The van der Waals surface area contributed by atoms with Gasteiger partial charge in [0.15, 0.2) is 0 Å². The predicted molar refractivity (Wildman–Crippen MR) is 98.9 cm³/mol. The van der Waals surface area contributed by atoms with Gasteiger partial charge < -0.3 is 9.88 Å². The molecular formula is C19H23N5O. The van der Waals surface area contributed by atoms with Crippen molar-refractivity contribution < 1.29 is 4.79 Å². The minimum atomic E-state index is -0.0420. The Balaban J connectivity index is 1.60. The van der Waals surface area contributed by atoms with Gasteiger partial charge in [0.25, 0.3) is 5.91 Å². The molecular weight excluding hydrogens is 314 g/mol. The number of fused-ring (bicyclic) bond motifs is 1. The van der Waals surface area contributed by atoms with Crippen molar-refractivity contribution in [2.75, 3.05) is 7.05 Å². The fourth-order valence-electron chi connectivity index (χ4n) is 3.53. The Kier molecular flexibility index (Phi) is 4.03. The maximum atomic E-state index is 12.5. The Morgan fingerprint density at radius 3 is 2.84 bits per heavy atom. The summed E-state index contributed by atoms with van der Waals surface area (Å²) in [5, 5.41) is 3.21. The van der Waals surface area contributed by atoms with Crippen molar-refractivity contribution in [1.82, 2.24) is 19.8 Å². The van der Waals surface area contributed by atoms with Crippen LogP contribution in [0.2, 0.25) is 0 Å². The Bertz CT molecular complexity index is 873. The standard InChI is InChI=1S/C19H23N5O/c1-23-12-20-15-9-8-13(11-17(15)23)10-16-18(25)24(2)19(22-16)21-14-6-4-3-5-7-14/h8-12,14H,3-7H2,1-2H3,(H,21,22)/b16-10-. The van der Waals surface area contributed by atoms with Gasteiger partial charge >= 0.3 is 0 Å². The van der Waals surface area contributed by atoms with Gasteiger partial charge in [0.1, 0.15) is 5.70 Å². The first-order chi connectivity index (χ1) is 12.1. The van der Waals surface area contributed by atoms with Gasteiger partial charge in [0.2, 0.25) is 5.96 Å². The van der Waals surface area contributed by atoms with Gasteiger partial charge in [-0.25, -0.2) is 9.98 Å². The number of aromatic nitrogens is 2. The third-order valence-corrected chi connectivity index (χ3v) is 5.04. The van der Waals surface area contributed by atoms with Crippen molar-refractivity contribution in [3.63, 3.8) is 0 Å². The molecule has 1 saturated carbocycles. The fraction of sp³-hybridized carbons (Fsp3) is 0.421. The van der Waals surface area contributed by atoms with Gasteiger partial charge in [-0.1, -0.05) is 25.3 Å². The Morgan fingerprint density at radius 1 is 1.24 bits per heavy atom. The monoisotopic (exact) mass is 337 g/mol. The number of hydrogen-bond acceptors (Lipinski definition) is 3. The second-order valence-electron chi connectivity index (χ2n) is 6.90. The molecule has 25 heavy (non-hydrogen) atoms. The average Bonchev–Trinajstić information content (AvgIpc) is 3.12. The highest BCUT2D eigenvalue weighted by atomic mass is 16.2. The first-order valence-corrected chi connectivity index (χ1v) is 8.87. The van der Waals surface area contributed by atoms with Crippen molar-refractivity contribution in [2.24, 2.45) is 12.0 Å². The number of hydrogen-bond donors (Lipinski definition) is 1. The van der Waals surface area contributed by atoms with Crippen LogP contribution in [0.3, 0.4) is 0 Å². The van der Waals surface area contributed by atoms with E-state index < -0.39 is 0 Å². The average molecular weight is 337 g/mol. The van der Waals surface area contributed by atoms with E-state index in [0.29, 0.717) is 17.7 Å². The minimum absolute atomic E-state index is 0.0420. The van der Waals surface area contributed by atoms with E-state index in [0.717, 1.165) is 29.4 Å². The third-order valence-electron chi connectivity index (χ3n) is 5.04. The molecule has 0 radical (unpaired) electrons. The van der Waals surface area contributed by atoms with E-state index in [-0.39, 0.29) is 5.91 Å². The Hall–Kier alpha value is -2.63. The molecule has 2 heterocycles. The van der Waals surface area contributed by atoms with E-state index in [9.17, 15) is 4.79 Å². The number of benzene rings is 1. The van der Waals surface area contributed by atoms with E-state index in [1.807, 2.05) is 35.9 Å². The lowest BCUT2D eigenvalue weighted by molar-refractivity contribution is -0.121. The summed E-state index contributed by atoms with van der Waals surface area (Å²) < 4.78 is 1.98. The summed E-state index contributed by atoms with van der Waals surface area (Å²) in [7, 11) is 3.75. The summed E-state index contributed by atoms with van der Waals surface area (Å²) in [4.78, 5) is 23.3. The van der Waals surface area contributed by atoms with Crippen molar-refractivity contribution in [1.29, 1.82) is 0 Å². The summed E-state index contributed by atoms with van der Waals surface area (Å²) in [6.45, 7) is 0. The number of carbonyl (C=O) groups is 1. The maximum Gasteiger partial charge on any atom is 0.276 e. The molecule has 1 aliphatic carbocycles. The zero-order chi connectivity index (χ0) is 17.4. The number of nitrogens with one attached hydrogen (secondary N) is 1. The summed E-state index contributed by atoms with van der Waals surface area (Å²) in [5.74, 6) is 0.629. The van der Waals surface area contributed by atoms with Gasteiger partial charge in [-0.3, -0.25) is 9.69 Å². The fourth-order valence-corrected chi connectivity index (χ4v) is 3.53. The highest BCUT2D eigenvalue weighted by Crippen LogP contribution is 2.22. The van der Waals surface area contributed by atoms with Crippen molar-refractivity contribution in [2.45, 2.75) is 38.1 Å². The van der Waals surface area contributed by atoms with Crippen LogP contribution < -0.4 is 5.32 Å². The normalized spacial score (nSPS) is 22.3. The van der Waals surface area contributed by atoms with Crippen LogP contribution in [0.1, 0.15) is 37.7 Å². The van der Waals surface area contributed by atoms with Crippen LogP contribution in [0.15, 0.2) is 35.2 Å². The van der Waals surface area contributed by atoms with Crippen molar-refractivity contribution in [3.05, 3.63) is 35.8 Å². The molecule has 0 bridgehead atoms. The van der Waals surface area contributed by atoms with E-state index >= 15 is 0 Å². The molecule has 6 heteroatoms. The number of aliphatic imine (C=N–C) groups is 1. The van der Waals surface area contributed by atoms with Gasteiger partial charge in [-0.2, -0.15) is 0 Å². The lowest BCUT2D eigenvalue weighted by atomic mass is 9.96. The van der Waals surface area contributed by atoms with Gasteiger partial charge in [0.05, 0.1) is 23.4 Å². The lowest BCUT2D eigenvalue weighted by Crippen LogP contribution is -2.30. The van der Waals surface area contributed by atoms with E-state index in [1.165, 1.54) is 19.3 Å². The summed E-state index contributed by atoms with van der Waals surface area (Å²) in [6.07, 6.45) is 9.66. The largest absolute Gasteiger partial charge is 0.334 e. The molecule has 1 aliphatic heterocycles. The van der Waals surface area contributed by atoms with Crippen LogP contribution in [-0.2, 0) is 11.8 Å². The van der Waals surface area contributed by atoms with Crippen LogP contribution in [0.4, 0.5) is 0 Å². The number of imidazole rings is 1. The van der Waals surface area contributed by atoms with E-state index in [2.05, 4.69) is 10.3 Å². The molecule has 0 spiro atoms. The molecule has 0 unspecified atom stereocenters. The zero-order valence-electron chi connectivity index (χ0n) is 14.7. The molecule has 1 saturated heterocycles. The van der Waals surface area contributed by atoms with E-state index in [1.54, 1.807) is 18.3 Å². The molecule has 1 N–H and O–H groups in total. The van der Waals surface area contributed by atoms with Crippen LogP contribution in [0, 0.1) is 0 Å². The molecule has 130 valence electrons. The van der Waals surface area contributed by atoms with Crippen molar-refractivity contribution >= 4 is 29.0 Å². The first-order valence-electron chi connectivity index (χ1n) is 8.87. The van der Waals surface area contributed by atoms with Crippen molar-refractivity contribution in [3.8, 4) is 0 Å². The molecule has 1 aromatic heterocycles. The topological polar surface area (TPSA) is 62.5 Å². The molecule has 0 atom stereocenters. The lowest BCUT2D eigenvalue weighted by Gasteiger charge is -2.19. The van der Waals surface area contributed by atoms with Gasteiger partial charge in [-0.15, -0.1) is 0 Å². The van der Waals surface area contributed by atoms with Gasteiger partial charge in [-0.05, 0) is 36.6 Å². The van der Waals surface area contributed by atoms with Gasteiger partial charge in [0, 0.05) is 14.1 Å². The second kappa shape index (κ2) is 6.35. The van der Waals surface area contributed by atoms with Crippen LogP contribution in [0.25, 0.3) is 17.1 Å². The second-order valence-corrected chi connectivity index (χ2v) is 6.90. The third kappa shape index (κ3) is 3.04. The first kappa shape index (κ1) is 15.9.